The van der Waals surface area contributed by atoms with Gasteiger partial charge in [0.1, 0.15) is 0 Å². The molecular weight excluding hydrogens is 466 g/mol. The van der Waals surface area contributed by atoms with Crippen LogP contribution in [0.25, 0.3) is 11.3 Å². The highest BCUT2D eigenvalue weighted by Gasteiger charge is 2.21. The second-order valence-electron chi connectivity index (χ2n) is 7.57. The Balaban J connectivity index is 1.27. The van der Waals surface area contributed by atoms with Gasteiger partial charge in [-0.15, -0.1) is 11.3 Å². The van der Waals surface area contributed by atoms with E-state index in [9.17, 15) is 13.2 Å². The molecule has 1 amide bonds. The maximum atomic E-state index is 12.7. The van der Waals surface area contributed by atoms with Crippen LogP contribution in [0.3, 0.4) is 0 Å². The second kappa shape index (κ2) is 9.10. The van der Waals surface area contributed by atoms with Crippen molar-refractivity contribution in [1.82, 2.24) is 9.71 Å². The number of amides is 1. The minimum absolute atomic E-state index is 0.0216. The van der Waals surface area contributed by atoms with Gasteiger partial charge < -0.3 is 14.2 Å². The fraction of sp³-hybridized carbons (Fsp3) is 0.273. The van der Waals surface area contributed by atoms with Gasteiger partial charge in [0.2, 0.25) is 16.8 Å². The lowest BCUT2D eigenvalue weighted by atomic mass is 10.1. The van der Waals surface area contributed by atoms with E-state index >= 15 is 0 Å². The molecule has 5 rings (SSSR count). The van der Waals surface area contributed by atoms with E-state index in [2.05, 4.69) is 15.0 Å². The molecule has 2 aromatic carbocycles. The fourth-order valence-electron chi connectivity index (χ4n) is 3.58. The Bertz CT molecular complexity index is 1280. The number of fused-ring (bicyclic) bond motifs is 1. The molecule has 2 aliphatic heterocycles. The monoisotopic (exact) mass is 487 g/mol. The number of rotatable bonds is 7. The number of anilines is 1. The van der Waals surface area contributed by atoms with Crippen LogP contribution in [0.1, 0.15) is 23.2 Å². The molecule has 172 valence electrons. The van der Waals surface area contributed by atoms with Crippen LogP contribution in [0.15, 0.2) is 52.7 Å². The molecule has 1 atom stereocenters. The van der Waals surface area contributed by atoms with E-state index in [-0.39, 0.29) is 29.9 Å². The second-order valence-corrected chi connectivity index (χ2v) is 10.2. The van der Waals surface area contributed by atoms with E-state index in [0.29, 0.717) is 28.9 Å². The summed E-state index contributed by atoms with van der Waals surface area (Å²) in [6.45, 7) is 1.05. The number of hydrogen-bond acceptors (Lipinski definition) is 8. The van der Waals surface area contributed by atoms with E-state index in [4.69, 9.17) is 14.2 Å². The van der Waals surface area contributed by atoms with Crippen molar-refractivity contribution in [3.05, 3.63) is 53.4 Å². The zero-order chi connectivity index (χ0) is 22.8. The highest BCUT2D eigenvalue weighted by atomic mass is 32.2. The highest BCUT2D eigenvalue weighted by Crippen LogP contribution is 2.36. The van der Waals surface area contributed by atoms with Gasteiger partial charge in [-0.2, -0.15) is 0 Å². The molecular formula is C22H21N3O6S2. The molecule has 3 heterocycles. The van der Waals surface area contributed by atoms with Crippen molar-refractivity contribution >= 4 is 32.4 Å². The molecule has 11 heteroatoms. The van der Waals surface area contributed by atoms with E-state index in [0.717, 1.165) is 18.4 Å². The number of thiazole rings is 1. The van der Waals surface area contributed by atoms with Gasteiger partial charge in [-0.25, -0.2) is 18.1 Å². The Labute approximate surface area is 194 Å². The summed E-state index contributed by atoms with van der Waals surface area (Å²) >= 11 is 1.27. The van der Waals surface area contributed by atoms with Crippen molar-refractivity contribution in [2.45, 2.75) is 23.8 Å². The van der Waals surface area contributed by atoms with Crippen LogP contribution < -0.4 is 19.5 Å². The van der Waals surface area contributed by atoms with E-state index in [1.165, 1.54) is 29.5 Å². The van der Waals surface area contributed by atoms with Gasteiger partial charge in [-0.1, -0.05) is 6.07 Å². The van der Waals surface area contributed by atoms with Crippen molar-refractivity contribution in [3.63, 3.8) is 0 Å². The lowest BCUT2D eigenvalue weighted by Gasteiger charge is -2.12. The minimum Gasteiger partial charge on any atom is -0.454 e. The average molecular weight is 488 g/mol. The van der Waals surface area contributed by atoms with Crippen molar-refractivity contribution in [2.24, 2.45) is 0 Å². The quantitative estimate of drug-likeness (QED) is 0.526. The lowest BCUT2D eigenvalue weighted by Crippen LogP contribution is -2.32. The highest BCUT2D eigenvalue weighted by molar-refractivity contribution is 7.89. The topological polar surface area (TPSA) is 116 Å². The maximum Gasteiger partial charge on any atom is 0.257 e. The molecule has 0 bridgehead atoms. The molecule has 9 nitrogen and oxygen atoms in total. The van der Waals surface area contributed by atoms with Gasteiger partial charge in [-0.05, 0) is 49.2 Å². The number of sulfonamides is 1. The Morgan fingerprint density at radius 3 is 2.88 bits per heavy atom. The molecule has 3 aromatic rings. The smallest absolute Gasteiger partial charge is 0.257 e. The SMILES string of the molecule is O=C(Nc1nc(-c2ccc3c(c2)OCO3)cs1)c1cccc(S(=O)(=O)NCC2CCCO2)c1. The van der Waals surface area contributed by atoms with Crippen LogP contribution >= 0.6 is 11.3 Å². The third-order valence-electron chi connectivity index (χ3n) is 5.32. The molecule has 1 unspecified atom stereocenters. The Morgan fingerprint density at radius 1 is 1.15 bits per heavy atom. The molecule has 1 aromatic heterocycles. The molecule has 0 spiro atoms. The summed E-state index contributed by atoms with van der Waals surface area (Å²) in [5.41, 5.74) is 1.74. The largest absolute Gasteiger partial charge is 0.454 e. The normalized spacial score (nSPS) is 17.3. The number of aromatic nitrogens is 1. The van der Waals surface area contributed by atoms with Gasteiger partial charge >= 0.3 is 0 Å². The van der Waals surface area contributed by atoms with E-state index < -0.39 is 15.9 Å². The first-order valence-electron chi connectivity index (χ1n) is 10.4. The van der Waals surface area contributed by atoms with E-state index in [1.54, 1.807) is 6.07 Å². The van der Waals surface area contributed by atoms with Crippen LogP contribution in [-0.4, -0.2) is 45.4 Å². The van der Waals surface area contributed by atoms with Crippen LogP contribution in [0, 0.1) is 0 Å². The summed E-state index contributed by atoms with van der Waals surface area (Å²) in [5, 5.41) is 4.96. The van der Waals surface area contributed by atoms with Crippen LogP contribution in [0.2, 0.25) is 0 Å². The van der Waals surface area contributed by atoms with Gasteiger partial charge in [0.05, 0.1) is 16.7 Å². The summed E-state index contributed by atoms with van der Waals surface area (Å²) in [7, 11) is -3.76. The summed E-state index contributed by atoms with van der Waals surface area (Å²) in [4.78, 5) is 17.2. The molecule has 2 N–H and O–H groups in total. The van der Waals surface area contributed by atoms with Crippen molar-refractivity contribution in [2.75, 3.05) is 25.3 Å². The molecule has 2 aliphatic rings. The van der Waals surface area contributed by atoms with Gasteiger partial charge in [0.15, 0.2) is 16.6 Å². The first-order valence-corrected chi connectivity index (χ1v) is 12.7. The third-order valence-corrected chi connectivity index (χ3v) is 7.50. The fourth-order valence-corrected chi connectivity index (χ4v) is 5.41. The minimum atomic E-state index is -3.76. The molecule has 1 fully saturated rings. The van der Waals surface area contributed by atoms with E-state index in [1.807, 2.05) is 23.6 Å². The number of hydrogen-bond donors (Lipinski definition) is 2. The maximum absolute atomic E-state index is 12.7. The number of ether oxygens (including phenoxy) is 3. The zero-order valence-electron chi connectivity index (χ0n) is 17.4. The molecule has 33 heavy (non-hydrogen) atoms. The number of nitrogens with one attached hydrogen (secondary N) is 2. The van der Waals surface area contributed by atoms with Crippen molar-refractivity contribution in [1.29, 1.82) is 0 Å². The van der Waals surface area contributed by atoms with Crippen molar-refractivity contribution in [3.8, 4) is 22.8 Å². The first kappa shape index (κ1) is 21.8. The summed E-state index contributed by atoms with van der Waals surface area (Å²) in [6, 6.07) is 11.4. The standard InChI is InChI=1S/C22H21N3O6S2/c26-21(15-3-1-5-17(9-15)33(27,28)23-11-16-4-2-8-29-16)25-22-24-18(12-32-22)14-6-7-19-20(10-14)31-13-30-19/h1,3,5-7,9-10,12,16,23H,2,4,8,11,13H2,(H,24,25,26). The molecule has 0 aliphatic carbocycles. The summed E-state index contributed by atoms with van der Waals surface area (Å²) in [6.07, 6.45) is 1.64. The molecule has 0 radical (unpaired) electrons. The van der Waals surface area contributed by atoms with Gasteiger partial charge in [0.25, 0.3) is 5.91 Å². The van der Waals surface area contributed by atoms with Crippen LogP contribution in [0.4, 0.5) is 5.13 Å². The first-order chi connectivity index (χ1) is 16.0. The Hall–Kier alpha value is -2.99. The zero-order valence-corrected chi connectivity index (χ0v) is 19.1. The molecule has 1 saturated heterocycles. The number of carbonyl (C=O) groups excluding carboxylic acids is 1. The Kier molecular flexibility index (Phi) is 6.02. The van der Waals surface area contributed by atoms with Gasteiger partial charge in [0, 0.05) is 29.7 Å². The summed E-state index contributed by atoms with van der Waals surface area (Å²) in [5.74, 6) is 0.887. The van der Waals surface area contributed by atoms with Gasteiger partial charge in [-0.3, -0.25) is 10.1 Å². The number of benzene rings is 2. The van der Waals surface area contributed by atoms with Crippen molar-refractivity contribution < 1.29 is 27.4 Å². The lowest BCUT2D eigenvalue weighted by molar-refractivity contribution is 0.102. The predicted molar refractivity (Wildman–Crippen MR) is 122 cm³/mol. The van der Waals surface area contributed by atoms with Crippen LogP contribution in [0.5, 0.6) is 11.5 Å². The molecule has 0 saturated carbocycles. The Morgan fingerprint density at radius 2 is 2.03 bits per heavy atom. The predicted octanol–water partition coefficient (Wildman–Crippen LogP) is 3.25. The summed E-state index contributed by atoms with van der Waals surface area (Å²) < 4.78 is 44.0. The number of carbonyl (C=O) groups is 1. The van der Waals surface area contributed by atoms with Crippen LogP contribution in [-0.2, 0) is 14.8 Å². The number of nitrogens with zero attached hydrogens (tertiary/aromatic N) is 1. The average Bonchev–Trinajstić information content (AvgIpc) is 3.59. The third kappa shape index (κ3) is 4.86.